The standard InChI is InChI=1S/C16H21ClF3N3O2/c1-15(2,9-23(3)4)8-21-13(24)14(25)22-12-7-10(16(18,19)20)5-6-11(12)17/h5-7H,8-9H2,1-4H3,(H,21,24)(H,22,25). The third kappa shape index (κ3) is 6.91. The van der Waals surface area contributed by atoms with Gasteiger partial charge in [0.2, 0.25) is 0 Å². The van der Waals surface area contributed by atoms with E-state index in [2.05, 4.69) is 10.6 Å². The fourth-order valence-electron chi connectivity index (χ4n) is 2.29. The summed E-state index contributed by atoms with van der Waals surface area (Å²) in [5, 5.41) is 4.48. The molecule has 0 saturated carbocycles. The molecule has 140 valence electrons. The number of amides is 2. The molecule has 0 bridgehead atoms. The van der Waals surface area contributed by atoms with E-state index in [1.54, 1.807) is 0 Å². The van der Waals surface area contributed by atoms with Gasteiger partial charge in [-0.3, -0.25) is 9.59 Å². The Morgan fingerprint density at radius 2 is 1.76 bits per heavy atom. The van der Waals surface area contributed by atoms with Crippen molar-refractivity contribution in [2.24, 2.45) is 5.41 Å². The fourth-order valence-corrected chi connectivity index (χ4v) is 2.45. The molecule has 0 saturated heterocycles. The average molecular weight is 380 g/mol. The van der Waals surface area contributed by atoms with Gasteiger partial charge in [0.15, 0.2) is 0 Å². The quantitative estimate of drug-likeness (QED) is 0.773. The molecule has 0 aliphatic carbocycles. The fraction of sp³-hybridized carbons (Fsp3) is 0.500. The van der Waals surface area contributed by atoms with Crippen molar-refractivity contribution in [3.8, 4) is 0 Å². The van der Waals surface area contributed by atoms with Gasteiger partial charge < -0.3 is 15.5 Å². The van der Waals surface area contributed by atoms with Crippen molar-refractivity contribution in [1.82, 2.24) is 10.2 Å². The van der Waals surface area contributed by atoms with Gasteiger partial charge in [-0.25, -0.2) is 0 Å². The number of nitrogens with zero attached hydrogens (tertiary/aromatic N) is 1. The molecule has 1 rings (SSSR count). The Hall–Kier alpha value is -1.80. The van der Waals surface area contributed by atoms with Gasteiger partial charge in [-0.15, -0.1) is 0 Å². The van der Waals surface area contributed by atoms with E-state index in [-0.39, 0.29) is 22.7 Å². The van der Waals surface area contributed by atoms with Crippen LogP contribution in [-0.4, -0.2) is 43.9 Å². The highest BCUT2D eigenvalue weighted by atomic mass is 35.5. The molecule has 0 unspecified atom stereocenters. The third-order valence-electron chi connectivity index (χ3n) is 3.22. The van der Waals surface area contributed by atoms with Gasteiger partial charge in [0.05, 0.1) is 16.3 Å². The van der Waals surface area contributed by atoms with Gasteiger partial charge in [0, 0.05) is 13.1 Å². The zero-order valence-corrected chi connectivity index (χ0v) is 15.2. The molecule has 0 aliphatic rings. The molecule has 25 heavy (non-hydrogen) atoms. The molecule has 2 N–H and O–H groups in total. The SMILES string of the molecule is CN(C)CC(C)(C)CNC(=O)C(=O)Nc1cc(C(F)(F)F)ccc1Cl. The van der Waals surface area contributed by atoms with Crippen LogP contribution in [-0.2, 0) is 15.8 Å². The Labute approximate surface area is 149 Å². The lowest BCUT2D eigenvalue weighted by Gasteiger charge is -2.28. The number of carbonyl (C=O) groups excluding carboxylic acids is 2. The third-order valence-corrected chi connectivity index (χ3v) is 3.55. The van der Waals surface area contributed by atoms with E-state index in [0.717, 1.165) is 12.1 Å². The van der Waals surface area contributed by atoms with Crippen LogP contribution in [0.1, 0.15) is 19.4 Å². The zero-order chi connectivity index (χ0) is 19.4. The van der Waals surface area contributed by atoms with E-state index in [4.69, 9.17) is 11.6 Å². The van der Waals surface area contributed by atoms with Crippen molar-refractivity contribution in [3.05, 3.63) is 28.8 Å². The molecule has 0 fully saturated rings. The first kappa shape index (κ1) is 21.2. The van der Waals surface area contributed by atoms with Gasteiger partial charge in [-0.05, 0) is 37.7 Å². The molecule has 0 spiro atoms. The molecule has 0 heterocycles. The van der Waals surface area contributed by atoms with Crippen molar-refractivity contribution >= 4 is 29.1 Å². The molecule has 2 amide bonds. The van der Waals surface area contributed by atoms with Crippen LogP contribution in [0, 0.1) is 5.41 Å². The van der Waals surface area contributed by atoms with Crippen molar-refractivity contribution in [2.45, 2.75) is 20.0 Å². The highest BCUT2D eigenvalue weighted by molar-refractivity contribution is 6.41. The molecular formula is C16H21ClF3N3O2. The van der Waals surface area contributed by atoms with Crippen LogP contribution in [0.4, 0.5) is 18.9 Å². The monoisotopic (exact) mass is 379 g/mol. The number of anilines is 1. The first-order valence-electron chi connectivity index (χ1n) is 7.42. The average Bonchev–Trinajstić information content (AvgIpc) is 2.44. The summed E-state index contributed by atoms with van der Waals surface area (Å²) >= 11 is 5.78. The van der Waals surface area contributed by atoms with Crippen LogP contribution in [0.15, 0.2) is 18.2 Å². The largest absolute Gasteiger partial charge is 0.416 e. The van der Waals surface area contributed by atoms with E-state index in [0.29, 0.717) is 12.6 Å². The number of rotatable bonds is 5. The lowest BCUT2D eigenvalue weighted by Crippen LogP contribution is -2.43. The second-order valence-corrected chi connectivity index (χ2v) is 7.14. The summed E-state index contributed by atoms with van der Waals surface area (Å²) in [4.78, 5) is 25.7. The predicted molar refractivity (Wildman–Crippen MR) is 90.4 cm³/mol. The maximum Gasteiger partial charge on any atom is 0.416 e. The van der Waals surface area contributed by atoms with Crippen LogP contribution < -0.4 is 10.6 Å². The summed E-state index contributed by atoms with van der Waals surface area (Å²) in [6.45, 7) is 4.73. The molecular weight excluding hydrogens is 359 g/mol. The Morgan fingerprint density at radius 3 is 2.28 bits per heavy atom. The van der Waals surface area contributed by atoms with E-state index in [1.165, 1.54) is 0 Å². The molecule has 0 radical (unpaired) electrons. The van der Waals surface area contributed by atoms with Crippen molar-refractivity contribution < 1.29 is 22.8 Å². The van der Waals surface area contributed by atoms with Crippen LogP contribution in [0.5, 0.6) is 0 Å². The number of nitrogens with one attached hydrogen (secondary N) is 2. The zero-order valence-electron chi connectivity index (χ0n) is 14.4. The minimum absolute atomic E-state index is 0.0953. The topological polar surface area (TPSA) is 61.4 Å². The second kappa shape index (κ2) is 8.05. The van der Waals surface area contributed by atoms with E-state index >= 15 is 0 Å². The van der Waals surface area contributed by atoms with Crippen LogP contribution >= 0.6 is 11.6 Å². The summed E-state index contributed by atoms with van der Waals surface area (Å²) in [6, 6.07) is 2.49. The smallest absolute Gasteiger partial charge is 0.347 e. The number of hydrogen-bond acceptors (Lipinski definition) is 3. The number of hydrogen-bond donors (Lipinski definition) is 2. The summed E-state index contributed by atoms with van der Waals surface area (Å²) in [5.41, 5.74) is -1.53. The van der Waals surface area contributed by atoms with E-state index in [1.807, 2.05) is 32.8 Å². The Morgan fingerprint density at radius 1 is 1.16 bits per heavy atom. The number of carbonyl (C=O) groups is 2. The van der Waals surface area contributed by atoms with Crippen molar-refractivity contribution in [2.75, 3.05) is 32.5 Å². The van der Waals surface area contributed by atoms with Crippen LogP contribution in [0.25, 0.3) is 0 Å². The Kier molecular flexibility index (Phi) is 6.84. The molecule has 0 atom stereocenters. The minimum Gasteiger partial charge on any atom is -0.347 e. The summed E-state index contributed by atoms with van der Waals surface area (Å²) in [6.07, 6.45) is -4.58. The number of alkyl halides is 3. The maximum atomic E-state index is 12.7. The predicted octanol–water partition coefficient (Wildman–Crippen LogP) is 3.00. The Balaban J connectivity index is 2.74. The number of benzene rings is 1. The van der Waals surface area contributed by atoms with Crippen LogP contribution in [0.2, 0.25) is 5.02 Å². The molecule has 1 aromatic carbocycles. The van der Waals surface area contributed by atoms with E-state index < -0.39 is 23.6 Å². The summed E-state index contributed by atoms with van der Waals surface area (Å²) < 4.78 is 38.1. The highest BCUT2D eigenvalue weighted by Crippen LogP contribution is 2.33. The van der Waals surface area contributed by atoms with Gasteiger partial charge in [0.25, 0.3) is 0 Å². The molecule has 1 aromatic rings. The van der Waals surface area contributed by atoms with Crippen molar-refractivity contribution in [3.63, 3.8) is 0 Å². The Bertz CT molecular complexity index is 646. The molecule has 9 heteroatoms. The molecule has 0 aliphatic heterocycles. The lowest BCUT2D eigenvalue weighted by molar-refractivity contribution is -0.137. The first-order chi connectivity index (χ1) is 11.3. The van der Waals surface area contributed by atoms with Crippen LogP contribution in [0.3, 0.4) is 0 Å². The lowest BCUT2D eigenvalue weighted by atomic mass is 9.93. The molecule has 0 aromatic heterocycles. The van der Waals surface area contributed by atoms with E-state index in [9.17, 15) is 22.8 Å². The van der Waals surface area contributed by atoms with Gasteiger partial charge in [-0.1, -0.05) is 25.4 Å². The molecule has 5 nitrogen and oxygen atoms in total. The summed E-state index contributed by atoms with van der Waals surface area (Å²) in [5.74, 6) is -2.03. The first-order valence-corrected chi connectivity index (χ1v) is 7.80. The number of halogens is 4. The second-order valence-electron chi connectivity index (χ2n) is 6.73. The van der Waals surface area contributed by atoms with Gasteiger partial charge in [0.1, 0.15) is 0 Å². The van der Waals surface area contributed by atoms with Crippen molar-refractivity contribution in [1.29, 1.82) is 0 Å². The highest BCUT2D eigenvalue weighted by Gasteiger charge is 2.31. The van der Waals surface area contributed by atoms with Gasteiger partial charge >= 0.3 is 18.0 Å². The summed E-state index contributed by atoms with van der Waals surface area (Å²) in [7, 11) is 3.76. The van der Waals surface area contributed by atoms with Gasteiger partial charge in [-0.2, -0.15) is 13.2 Å². The maximum absolute atomic E-state index is 12.7. The minimum atomic E-state index is -4.58. The normalized spacial score (nSPS) is 12.2.